The molecule has 1 aromatic carbocycles. The van der Waals surface area contributed by atoms with Crippen LogP contribution >= 0.6 is 11.6 Å². The Morgan fingerprint density at radius 3 is 2.77 bits per heavy atom. The van der Waals surface area contributed by atoms with Gasteiger partial charge >= 0.3 is 0 Å². The lowest BCUT2D eigenvalue weighted by molar-refractivity contribution is 1.13. The van der Waals surface area contributed by atoms with Gasteiger partial charge in [-0.1, -0.05) is 37.0 Å². The van der Waals surface area contributed by atoms with E-state index in [1.54, 1.807) is 0 Å². The second kappa shape index (κ2) is 5.67. The van der Waals surface area contributed by atoms with Crippen molar-refractivity contribution < 1.29 is 0 Å². The third kappa shape index (κ3) is 3.13. The molecule has 0 aromatic heterocycles. The minimum Gasteiger partial charge on any atom is -0.126 e. The smallest absolute Gasteiger partial charge is 0.0333 e. The van der Waals surface area contributed by atoms with Gasteiger partial charge in [-0.25, -0.2) is 0 Å². The zero-order chi connectivity index (χ0) is 9.52. The molecule has 0 bridgehead atoms. The SMILES string of the molecule is CCc1ccccc1C#CCCCl. The van der Waals surface area contributed by atoms with Gasteiger partial charge in [-0.15, -0.1) is 11.6 Å². The van der Waals surface area contributed by atoms with Crippen molar-refractivity contribution >= 4 is 11.6 Å². The number of alkyl halides is 1. The van der Waals surface area contributed by atoms with Crippen LogP contribution in [0, 0.1) is 11.8 Å². The highest BCUT2D eigenvalue weighted by molar-refractivity contribution is 6.18. The zero-order valence-corrected chi connectivity index (χ0v) is 8.56. The van der Waals surface area contributed by atoms with Gasteiger partial charge in [0.05, 0.1) is 0 Å². The van der Waals surface area contributed by atoms with Crippen LogP contribution in [0.15, 0.2) is 24.3 Å². The van der Waals surface area contributed by atoms with Crippen LogP contribution in [-0.4, -0.2) is 5.88 Å². The van der Waals surface area contributed by atoms with Gasteiger partial charge in [0.25, 0.3) is 0 Å². The summed E-state index contributed by atoms with van der Waals surface area (Å²) in [6.45, 7) is 2.14. The molecule has 0 radical (unpaired) electrons. The fraction of sp³-hybridized carbons (Fsp3) is 0.333. The molecule has 0 fully saturated rings. The summed E-state index contributed by atoms with van der Waals surface area (Å²) in [5, 5.41) is 0. The zero-order valence-electron chi connectivity index (χ0n) is 7.81. The summed E-state index contributed by atoms with van der Waals surface area (Å²) in [6, 6.07) is 8.24. The van der Waals surface area contributed by atoms with Crippen LogP contribution in [0.5, 0.6) is 0 Å². The van der Waals surface area contributed by atoms with Gasteiger partial charge in [-0.2, -0.15) is 0 Å². The number of rotatable bonds is 2. The van der Waals surface area contributed by atoms with Gasteiger partial charge in [0.2, 0.25) is 0 Å². The van der Waals surface area contributed by atoms with Gasteiger partial charge in [0.1, 0.15) is 0 Å². The van der Waals surface area contributed by atoms with Gasteiger partial charge in [0.15, 0.2) is 0 Å². The predicted octanol–water partition coefficient (Wildman–Crippen LogP) is 3.23. The average Bonchev–Trinajstić information content (AvgIpc) is 2.19. The number of benzene rings is 1. The van der Waals surface area contributed by atoms with Crippen LogP contribution in [0.3, 0.4) is 0 Å². The molecule has 0 aliphatic carbocycles. The maximum Gasteiger partial charge on any atom is 0.0333 e. The van der Waals surface area contributed by atoms with E-state index in [0.717, 1.165) is 18.4 Å². The fourth-order valence-electron chi connectivity index (χ4n) is 1.16. The van der Waals surface area contributed by atoms with Gasteiger partial charge in [-0.3, -0.25) is 0 Å². The number of halogens is 1. The minimum atomic E-state index is 0.612. The standard InChI is InChI=1S/C12H13Cl/c1-2-11-7-3-4-8-12(11)9-5-6-10-13/h3-4,7-8H,2,6,10H2,1H3. The number of aryl methyl sites for hydroxylation is 1. The molecule has 1 heteroatoms. The summed E-state index contributed by atoms with van der Waals surface area (Å²) < 4.78 is 0. The Morgan fingerprint density at radius 2 is 2.08 bits per heavy atom. The Hall–Kier alpha value is -0.930. The van der Waals surface area contributed by atoms with Crippen molar-refractivity contribution in [2.24, 2.45) is 0 Å². The molecule has 1 rings (SSSR count). The molecule has 68 valence electrons. The maximum atomic E-state index is 5.54. The number of hydrogen-bond donors (Lipinski definition) is 0. The van der Waals surface area contributed by atoms with Crippen molar-refractivity contribution in [3.63, 3.8) is 0 Å². The lowest BCUT2D eigenvalue weighted by Gasteiger charge is -1.98. The number of hydrogen-bond acceptors (Lipinski definition) is 0. The highest BCUT2D eigenvalue weighted by Crippen LogP contribution is 2.07. The monoisotopic (exact) mass is 192 g/mol. The van der Waals surface area contributed by atoms with Gasteiger partial charge < -0.3 is 0 Å². The first-order valence-electron chi connectivity index (χ1n) is 4.51. The minimum absolute atomic E-state index is 0.612. The van der Waals surface area contributed by atoms with E-state index in [-0.39, 0.29) is 0 Å². The normalized spacial score (nSPS) is 9.08. The molecule has 0 saturated heterocycles. The average molecular weight is 193 g/mol. The second-order valence-corrected chi connectivity index (χ2v) is 3.13. The first-order valence-corrected chi connectivity index (χ1v) is 5.04. The first kappa shape index (κ1) is 10.2. The van der Waals surface area contributed by atoms with E-state index in [1.165, 1.54) is 5.56 Å². The summed E-state index contributed by atoms with van der Waals surface area (Å²) in [7, 11) is 0. The van der Waals surface area contributed by atoms with E-state index in [4.69, 9.17) is 11.6 Å². The quantitative estimate of drug-likeness (QED) is 0.499. The maximum absolute atomic E-state index is 5.54. The van der Waals surface area contributed by atoms with E-state index in [9.17, 15) is 0 Å². The molecular weight excluding hydrogens is 180 g/mol. The first-order chi connectivity index (χ1) is 6.38. The van der Waals surface area contributed by atoms with Crippen molar-refractivity contribution in [3.05, 3.63) is 35.4 Å². The van der Waals surface area contributed by atoms with Crippen molar-refractivity contribution in [2.75, 3.05) is 5.88 Å². The Labute approximate surface area is 84.9 Å². The lowest BCUT2D eigenvalue weighted by Crippen LogP contribution is -1.85. The molecule has 0 saturated carbocycles. The largest absolute Gasteiger partial charge is 0.126 e. The molecule has 0 atom stereocenters. The van der Waals surface area contributed by atoms with Crippen LogP contribution in [0.1, 0.15) is 24.5 Å². The van der Waals surface area contributed by atoms with Crippen LogP contribution in [0.2, 0.25) is 0 Å². The van der Waals surface area contributed by atoms with Gasteiger partial charge in [-0.05, 0) is 18.1 Å². The van der Waals surface area contributed by atoms with E-state index in [0.29, 0.717) is 5.88 Å². The molecule has 0 aliphatic rings. The van der Waals surface area contributed by atoms with Crippen molar-refractivity contribution in [1.82, 2.24) is 0 Å². The van der Waals surface area contributed by atoms with Crippen molar-refractivity contribution in [3.8, 4) is 11.8 Å². The Morgan fingerprint density at radius 1 is 1.31 bits per heavy atom. The molecule has 0 N–H and O–H groups in total. The summed E-state index contributed by atoms with van der Waals surface area (Å²) >= 11 is 5.54. The molecule has 1 aromatic rings. The second-order valence-electron chi connectivity index (χ2n) is 2.75. The van der Waals surface area contributed by atoms with Crippen LogP contribution < -0.4 is 0 Å². The van der Waals surface area contributed by atoms with Crippen molar-refractivity contribution in [1.29, 1.82) is 0 Å². The van der Waals surface area contributed by atoms with E-state index < -0.39 is 0 Å². The van der Waals surface area contributed by atoms with E-state index in [2.05, 4.69) is 30.9 Å². The third-order valence-electron chi connectivity index (χ3n) is 1.84. The predicted molar refractivity (Wildman–Crippen MR) is 58.0 cm³/mol. The highest BCUT2D eigenvalue weighted by Gasteiger charge is 1.93. The molecule has 0 heterocycles. The molecular formula is C12H13Cl. The summed E-state index contributed by atoms with van der Waals surface area (Å²) in [4.78, 5) is 0. The Balaban J connectivity index is 2.82. The molecule has 0 nitrogen and oxygen atoms in total. The summed E-state index contributed by atoms with van der Waals surface area (Å²) in [5.74, 6) is 6.79. The van der Waals surface area contributed by atoms with Crippen LogP contribution in [-0.2, 0) is 6.42 Å². The molecule has 0 amide bonds. The fourth-order valence-corrected chi connectivity index (χ4v) is 1.25. The molecule has 0 spiro atoms. The summed E-state index contributed by atoms with van der Waals surface area (Å²) in [6.07, 6.45) is 1.80. The lowest BCUT2D eigenvalue weighted by atomic mass is 10.1. The Kier molecular flexibility index (Phi) is 4.43. The highest BCUT2D eigenvalue weighted by atomic mass is 35.5. The molecule has 0 aliphatic heterocycles. The Bertz CT molecular complexity index is 317. The van der Waals surface area contributed by atoms with E-state index in [1.807, 2.05) is 12.1 Å². The van der Waals surface area contributed by atoms with E-state index >= 15 is 0 Å². The van der Waals surface area contributed by atoms with Gasteiger partial charge in [0, 0.05) is 17.9 Å². The van der Waals surface area contributed by atoms with Crippen molar-refractivity contribution in [2.45, 2.75) is 19.8 Å². The topological polar surface area (TPSA) is 0 Å². The molecule has 13 heavy (non-hydrogen) atoms. The van der Waals surface area contributed by atoms with Crippen LogP contribution in [0.25, 0.3) is 0 Å². The molecule has 0 unspecified atom stereocenters. The van der Waals surface area contributed by atoms with Crippen LogP contribution in [0.4, 0.5) is 0 Å². The summed E-state index contributed by atoms with van der Waals surface area (Å²) in [5.41, 5.74) is 2.44. The third-order valence-corrected chi connectivity index (χ3v) is 2.03.